The van der Waals surface area contributed by atoms with Crippen molar-refractivity contribution in [3.8, 4) is 0 Å². The predicted octanol–water partition coefficient (Wildman–Crippen LogP) is 18.7. The lowest BCUT2D eigenvalue weighted by Crippen LogP contribution is -2.30. The van der Waals surface area contributed by atoms with Gasteiger partial charge in [0.05, 0.1) is 19.8 Å². The molecule has 0 aromatic rings. The van der Waals surface area contributed by atoms with E-state index >= 15 is 0 Å². The summed E-state index contributed by atoms with van der Waals surface area (Å²) >= 11 is 0. The van der Waals surface area contributed by atoms with Crippen molar-refractivity contribution in [2.75, 3.05) is 52.5 Å². The van der Waals surface area contributed by atoms with E-state index in [9.17, 15) is 14.4 Å². The maximum absolute atomic E-state index is 12.3. The third-order valence-corrected chi connectivity index (χ3v) is 14.6. The average Bonchev–Trinajstić information content (AvgIpc) is 3.37. The molecule has 8 heteroatoms. The highest BCUT2D eigenvalue weighted by Gasteiger charge is 2.08. The highest BCUT2D eigenvalue weighted by Crippen LogP contribution is 2.15. The predicted molar refractivity (Wildman–Crippen MR) is 305 cm³/mol. The van der Waals surface area contributed by atoms with Crippen LogP contribution in [0.2, 0.25) is 0 Å². The van der Waals surface area contributed by atoms with Gasteiger partial charge in [-0.05, 0) is 96.9 Å². The van der Waals surface area contributed by atoms with Gasteiger partial charge in [0, 0.05) is 19.3 Å². The van der Waals surface area contributed by atoms with Crippen molar-refractivity contribution in [3.63, 3.8) is 0 Å². The van der Waals surface area contributed by atoms with E-state index in [4.69, 9.17) is 14.2 Å². The van der Waals surface area contributed by atoms with Crippen LogP contribution in [0.25, 0.3) is 0 Å². The first-order valence-electron chi connectivity index (χ1n) is 31.9. The topological polar surface area (TPSA) is 94.2 Å². The van der Waals surface area contributed by atoms with Crippen molar-refractivity contribution in [1.29, 1.82) is 0 Å². The second kappa shape index (κ2) is 60.9. The van der Waals surface area contributed by atoms with Crippen molar-refractivity contribution < 1.29 is 28.6 Å². The lowest BCUT2D eigenvalue weighted by atomic mass is 10.1. The largest absolute Gasteiger partial charge is 0.466 e. The van der Waals surface area contributed by atoms with Crippen molar-refractivity contribution in [3.05, 3.63) is 0 Å². The van der Waals surface area contributed by atoms with Crippen LogP contribution in [0, 0.1) is 0 Å². The van der Waals surface area contributed by atoms with Crippen LogP contribution in [0.1, 0.15) is 335 Å². The van der Waals surface area contributed by atoms with E-state index in [1.165, 1.54) is 238 Å². The molecule has 0 amide bonds. The van der Waals surface area contributed by atoms with Crippen LogP contribution >= 0.6 is 0 Å². The Kier molecular flexibility index (Phi) is 59.4. The fourth-order valence-corrected chi connectivity index (χ4v) is 9.75. The molecule has 0 spiro atoms. The second-order valence-electron chi connectivity index (χ2n) is 21.7. The molecule has 0 bridgehead atoms. The number of rotatable bonds is 61. The molecule has 0 aliphatic rings. The Balaban J connectivity index is 4.17. The van der Waals surface area contributed by atoms with Crippen LogP contribution in [-0.4, -0.2) is 75.4 Å². The summed E-state index contributed by atoms with van der Waals surface area (Å²) in [5.74, 6) is -0.0309. The highest BCUT2D eigenvalue weighted by atomic mass is 16.5. The number of ether oxygens (including phenoxy) is 3. The molecule has 0 unspecified atom stereocenters. The normalized spacial score (nSPS) is 11.5. The molecule has 0 aromatic heterocycles. The quantitative estimate of drug-likeness (QED) is 0.0366. The fraction of sp³-hybridized carbons (Fsp3) is 0.952. The van der Waals surface area contributed by atoms with Gasteiger partial charge in [-0.1, -0.05) is 252 Å². The summed E-state index contributed by atoms with van der Waals surface area (Å²) < 4.78 is 16.6. The van der Waals surface area contributed by atoms with Gasteiger partial charge in [-0.2, -0.15) is 0 Å². The smallest absolute Gasteiger partial charge is 0.305 e. The van der Waals surface area contributed by atoms with Crippen LogP contribution in [0.15, 0.2) is 0 Å². The van der Waals surface area contributed by atoms with Gasteiger partial charge in [-0.15, -0.1) is 0 Å². The van der Waals surface area contributed by atoms with Crippen molar-refractivity contribution in [2.45, 2.75) is 335 Å². The molecule has 8 nitrogen and oxygen atoms in total. The lowest BCUT2D eigenvalue weighted by Gasteiger charge is -2.22. The third-order valence-electron chi connectivity index (χ3n) is 14.6. The number of esters is 3. The minimum absolute atomic E-state index is 0.0103. The summed E-state index contributed by atoms with van der Waals surface area (Å²) in [7, 11) is 0. The van der Waals surface area contributed by atoms with Gasteiger partial charge < -0.3 is 24.4 Å². The minimum atomic E-state index is -0.0103. The molecule has 0 atom stereocenters. The Morgan fingerprint density at radius 3 is 0.803 bits per heavy atom. The molecular formula is C63H124N2O6. The number of nitrogens with zero attached hydrogens (tertiary/aromatic N) is 1. The average molecular weight is 1010 g/mol. The second-order valence-corrected chi connectivity index (χ2v) is 21.7. The molecule has 1 N–H and O–H groups in total. The molecule has 0 heterocycles. The van der Waals surface area contributed by atoms with Crippen molar-refractivity contribution >= 4 is 17.9 Å². The molecule has 0 rings (SSSR count). The zero-order chi connectivity index (χ0) is 51.4. The van der Waals surface area contributed by atoms with Gasteiger partial charge in [-0.25, -0.2) is 0 Å². The van der Waals surface area contributed by atoms with E-state index in [0.29, 0.717) is 39.1 Å². The van der Waals surface area contributed by atoms with Crippen molar-refractivity contribution in [2.24, 2.45) is 0 Å². The first-order chi connectivity index (χ1) is 35.0. The van der Waals surface area contributed by atoms with Crippen LogP contribution in [0.3, 0.4) is 0 Å². The summed E-state index contributed by atoms with van der Waals surface area (Å²) in [6.07, 6.45) is 58.8. The Labute approximate surface area is 443 Å². The van der Waals surface area contributed by atoms with Gasteiger partial charge in [0.15, 0.2) is 0 Å². The Bertz CT molecular complexity index is 1020. The molecule has 422 valence electrons. The van der Waals surface area contributed by atoms with Gasteiger partial charge in [0.25, 0.3) is 0 Å². The van der Waals surface area contributed by atoms with E-state index in [1.807, 2.05) is 0 Å². The first-order valence-corrected chi connectivity index (χ1v) is 31.9. The van der Waals surface area contributed by atoms with Crippen LogP contribution in [0.4, 0.5) is 0 Å². The minimum Gasteiger partial charge on any atom is -0.466 e. The number of hydrogen-bond acceptors (Lipinski definition) is 8. The number of carbonyl (C=O) groups excluding carboxylic acids is 3. The lowest BCUT2D eigenvalue weighted by molar-refractivity contribution is -0.144. The van der Waals surface area contributed by atoms with Crippen molar-refractivity contribution in [1.82, 2.24) is 10.2 Å². The van der Waals surface area contributed by atoms with Crippen LogP contribution in [-0.2, 0) is 28.6 Å². The molecule has 71 heavy (non-hydrogen) atoms. The summed E-state index contributed by atoms with van der Waals surface area (Å²) in [6, 6.07) is 0. The Morgan fingerprint density at radius 2 is 0.493 bits per heavy atom. The number of nitrogens with one attached hydrogen (secondary N) is 1. The van der Waals surface area contributed by atoms with Gasteiger partial charge in [0.2, 0.25) is 0 Å². The SMILES string of the molecule is CCCCCCCCCCCCOC(=O)CCCCCCCNCCCN(CCCCCCCC(=O)OCCCCCCCCCCCC)CCCCCCCC(=O)OCCCCCCCCCCCC. The summed E-state index contributed by atoms with van der Waals surface area (Å²) in [6.45, 7) is 14.2. The van der Waals surface area contributed by atoms with E-state index in [1.54, 1.807) is 0 Å². The van der Waals surface area contributed by atoms with E-state index < -0.39 is 0 Å². The molecule has 0 aromatic carbocycles. The van der Waals surface area contributed by atoms with Gasteiger partial charge in [-0.3, -0.25) is 14.4 Å². The number of carbonyl (C=O) groups is 3. The molecule has 0 aliphatic heterocycles. The monoisotopic (exact) mass is 1000 g/mol. The van der Waals surface area contributed by atoms with Crippen LogP contribution in [0.5, 0.6) is 0 Å². The maximum Gasteiger partial charge on any atom is 0.305 e. The number of unbranched alkanes of at least 4 members (excludes halogenated alkanes) is 39. The standard InChI is InChI=1S/C63H124N2O6/c1-4-7-10-13-16-19-22-25-37-46-58-69-61(66)50-40-31-28-34-43-53-64-54-49-57-65(55-44-35-29-32-41-51-62(67)70-59-47-38-26-23-20-17-14-11-8-5-2)56-45-36-30-33-42-52-63(68)71-60-48-39-27-24-21-18-15-12-9-6-3/h64H,4-60H2,1-3H3. The summed E-state index contributed by atoms with van der Waals surface area (Å²) in [5, 5.41) is 3.69. The highest BCUT2D eigenvalue weighted by molar-refractivity contribution is 5.69. The molecular weight excluding hydrogens is 881 g/mol. The molecule has 0 aliphatic carbocycles. The Hall–Kier alpha value is -1.67. The Morgan fingerprint density at radius 1 is 0.268 bits per heavy atom. The van der Waals surface area contributed by atoms with Gasteiger partial charge in [0.1, 0.15) is 0 Å². The summed E-state index contributed by atoms with van der Waals surface area (Å²) in [4.78, 5) is 39.4. The summed E-state index contributed by atoms with van der Waals surface area (Å²) in [5.41, 5.74) is 0. The fourth-order valence-electron chi connectivity index (χ4n) is 9.75. The zero-order valence-electron chi connectivity index (χ0n) is 48.2. The molecule has 0 saturated heterocycles. The maximum atomic E-state index is 12.3. The van der Waals surface area contributed by atoms with Gasteiger partial charge >= 0.3 is 17.9 Å². The van der Waals surface area contributed by atoms with Crippen LogP contribution < -0.4 is 5.32 Å². The van der Waals surface area contributed by atoms with E-state index in [0.717, 1.165) is 90.5 Å². The van der Waals surface area contributed by atoms with E-state index in [-0.39, 0.29) is 17.9 Å². The molecule has 0 fully saturated rings. The molecule has 0 radical (unpaired) electrons. The van der Waals surface area contributed by atoms with E-state index in [2.05, 4.69) is 31.0 Å². The first kappa shape index (κ1) is 69.3. The number of hydrogen-bond donors (Lipinski definition) is 1. The third kappa shape index (κ3) is 59.1. The molecule has 0 saturated carbocycles. The zero-order valence-corrected chi connectivity index (χ0v) is 48.2.